The summed E-state index contributed by atoms with van der Waals surface area (Å²) in [5.41, 5.74) is 7.01. The lowest BCUT2D eigenvalue weighted by atomic mass is 9.90. The molecule has 0 saturated carbocycles. The molecule has 208 valence electrons. The van der Waals surface area contributed by atoms with E-state index in [1.807, 2.05) is 44.1 Å². The van der Waals surface area contributed by atoms with E-state index < -0.39 is 11.7 Å². The summed E-state index contributed by atoms with van der Waals surface area (Å²) in [6.45, 7) is 11.3. The first-order valence-electron chi connectivity index (χ1n) is 13.0. The van der Waals surface area contributed by atoms with Crippen molar-refractivity contribution in [2.24, 2.45) is 10.5 Å². The number of nitrogens with zero attached hydrogens (tertiary/aromatic N) is 6. The van der Waals surface area contributed by atoms with Crippen LogP contribution in [0.4, 0.5) is 16.3 Å². The molecule has 1 saturated heterocycles. The zero-order valence-electron chi connectivity index (χ0n) is 23.4. The number of hydrogen-bond donors (Lipinski definition) is 1. The van der Waals surface area contributed by atoms with E-state index in [1.165, 1.54) is 22.9 Å². The second-order valence-electron chi connectivity index (χ2n) is 11.7. The molecule has 1 N–H and O–H groups in total. The maximum absolute atomic E-state index is 12.9. The number of thioether (sulfide) groups is 1. The Morgan fingerprint density at radius 1 is 1.33 bits per heavy atom. The first-order valence-corrected chi connectivity index (χ1v) is 14.6. The van der Waals surface area contributed by atoms with Gasteiger partial charge in [0.05, 0.1) is 36.0 Å². The lowest BCUT2D eigenvalue weighted by molar-refractivity contribution is 0.0145. The summed E-state index contributed by atoms with van der Waals surface area (Å²) in [7, 11) is 0. The van der Waals surface area contributed by atoms with E-state index in [0.717, 1.165) is 18.5 Å². The Labute approximate surface area is 240 Å². The Balaban J connectivity index is 1.59. The summed E-state index contributed by atoms with van der Waals surface area (Å²) in [6, 6.07) is 8.11. The molecule has 1 aromatic carbocycles. The Bertz CT molecular complexity index is 1300. The van der Waals surface area contributed by atoms with Gasteiger partial charge in [-0.25, -0.2) is 14.8 Å². The van der Waals surface area contributed by atoms with Gasteiger partial charge in [0.15, 0.2) is 5.16 Å². The van der Waals surface area contributed by atoms with E-state index in [2.05, 4.69) is 41.5 Å². The largest absolute Gasteiger partial charge is 0.444 e. The molecule has 11 heteroatoms. The first kappa shape index (κ1) is 29.0. The van der Waals surface area contributed by atoms with Gasteiger partial charge in [-0.2, -0.15) is 10.4 Å². The van der Waals surface area contributed by atoms with Gasteiger partial charge >= 0.3 is 6.09 Å². The predicted octanol–water partition coefficient (Wildman–Crippen LogP) is 5.76. The molecule has 39 heavy (non-hydrogen) atoms. The van der Waals surface area contributed by atoms with Crippen molar-refractivity contribution in [3.63, 3.8) is 0 Å². The van der Waals surface area contributed by atoms with Crippen LogP contribution < -0.4 is 10.3 Å². The van der Waals surface area contributed by atoms with Crippen LogP contribution in [0.3, 0.4) is 0 Å². The van der Waals surface area contributed by atoms with Gasteiger partial charge in [-0.3, -0.25) is 5.43 Å². The van der Waals surface area contributed by atoms with E-state index in [-0.39, 0.29) is 17.9 Å². The van der Waals surface area contributed by atoms with Crippen molar-refractivity contribution in [2.75, 3.05) is 36.2 Å². The molecule has 1 unspecified atom stereocenters. The fourth-order valence-electron chi connectivity index (χ4n) is 5.08. The number of carbonyl (C=O) groups is 1. The highest BCUT2D eigenvalue weighted by Crippen LogP contribution is 2.39. The summed E-state index contributed by atoms with van der Waals surface area (Å²) in [6.07, 6.45) is 5.32. The van der Waals surface area contributed by atoms with E-state index in [4.69, 9.17) is 21.3 Å². The Morgan fingerprint density at radius 2 is 2.10 bits per heavy atom. The molecular weight excluding hydrogens is 534 g/mol. The molecule has 4 rings (SSSR count). The van der Waals surface area contributed by atoms with Crippen LogP contribution in [0, 0.1) is 16.7 Å². The van der Waals surface area contributed by atoms with Crippen molar-refractivity contribution in [1.29, 1.82) is 5.26 Å². The van der Waals surface area contributed by atoms with Crippen LogP contribution in [-0.4, -0.2) is 64.7 Å². The number of hydrogen-bond acceptors (Lipinski definition) is 9. The summed E-state index contributed by atoms with van der Waals surface area (Å²) in [5, 5.41) is 14.9. The highest BCUT2D eigenvalue weighted by molar-refractivity contribution is 7.98. The van der Waals surface area contributed by atoms with E-state index in [9.17, 15) is 10.1 Å². The van der Waals surface area contributed by atoms with E-state index in [1.54, 1.807) is 11.1 Å². The summed E-state index contributed by atoms with van der Waals surface area (Å²) < 4.78 is 5.59. The molecule has 1 aliphatic carbocycles. The molecule has 1 fully saturated rings. The second-order valence-corrected chi connectivity index (χ2v) is 12.8. The summed E-state index contributed by atoms with van der Waals surface area (Å²) in [4.78, 5) is 25.7. The normalized spacial score (nSPS) is 18.7. The maximum Gasteiger partial charge on any atom is 0.410 e. The van der Waals surface area contributed by atoms with Crippen LogP contribution >= 0.6 is 23.4 Å². The molecule has 1 amide bonds. The molecular formula is C28H36ClN7O2S. The molecule has 1 aliphatic heterocycles. The summed E-state index contributed by atoms with van der Waals surface area (Å²) in [5.74, 6) is 0.621. The highest BCUT2D eigenvalue weighted by Gasteiger charge is 2.35. The van der Waals surface area contributed by atoms with E-state index in [0.29, 0.717) is 41.3 Å². The fourth-order valence-corrected chi connectivity index (χ4v) is 5.70. The summed E-state index contributed by atoms with van der Waals surface area (Å²) >= 11 is 8.04. The number of fused-ring (bicyclic) bond motifs is 1. The maximum atomic E-state index is 12.9. The highest BCUT2D eigenvalue weighted by atomic mass is 35.5. The number of nitrogens with one attached hydrogen (secondary N) is 1. The van der Waals surface area contributed by atoms with Crippen LogP contribution in [-0.2, 0) is 17.6 Å². The minimum atomic E-state index is -0.621. The lowest BCUT2D eigenvalue weighted by Crippen LogP contribution is -2.56. The van der Waals surface area contributed by atoms with Gasteiger partial charge in [0.25, 0.3) is 0 Å². The van der Waals surface area contributed by atoms with Crippen molar-refractivity contribution in [3.05, 3.63) is 40.0 Å². The number of hydrazone groups is 1. The van der Waals surface area contributed by atoms with Gasteiger partial charge in [-0.15, -0.1) is 0 Å². The van der Waals surface area contributed by atoms with Gasteiger partial charge in [0.2, 0.25) is 0 Å². The van der Waals surface area contributed by atoms with Crippen LogP contribution in [0.5, 0.6) is 0 Å². The molecule has 2 aliphatic rings. The number of aromatic nitrogens is 2. The van der Waals surface area contributed by atoms with Crippen molar-refractivity contribution < 1.29 is 9.53 Å². The number of halogens is 1. The van der Waals surface area contributed by atoms with Gasteiger partial charge in [-0.05, 0) is 62.5 Å². The zero-order chi connectivity index (χ0) is 28.4. The number of amides is 1. The average molecular weight is 570 g/mol. The lowest BCUT2D eigenvalue weighted by Gasteiger charge is -2.41. The predicted molar refractivity (Wildman–Crippen MR) is 157 cm³/mol. The van der Waals surface area contributed by atoms with Crippen LogP contribution in [0.2, 0.25) is 5.15 Å². The quantitative estimate of drug-likeness (QED) is 0.154. The van der Waals surface area contributed by atoms with Gasteiger partial charge < -0.3 is 14.5 Å². The molecule has 0 radical (unpaired) electrons. The third-order valence-corrected chi connectivity index (χ3v) is 7.59. The number of carbonyl (C=O) groups excluding carboxylic acids is 1. The molecule has 1 atom stereocenters. The van der Waals surface area contributed by atoms with Crippen molar-refractivity contribution >= 4 is 47.2 Å². The molecule has 1 aromatic heterocycles. The molecule has 0 spiro atoms. The standard InChI is InChI=1S/C28H36ClN7O2S/c1-27(2,3)38-26(37)36-13-12-35(17-19(36)10-11-30)24-21(23(29)32-25(33-24)39-6)16-31-34-22-9-7-8-18-14-28(4,5)15-20(18)22/h7-9,16,19,34H,10,12-15,17H2,1-6H3/b31-16+. The van der Waals surface area contributed by atoms with E-state index >= 15 is 0 Å². The third-order valence-electron chi connectivity index (χ3n) is 6.75. The number of piperazine rings is 1. The molecule has 0 bridgehead atoms. The third kappa shape index (κ3) is 6.95. The zero-order valence-corrected chi connectivity index (χ0v) is 25.0. The number of rotatable bonds is 6. The average Bonchev–Trinajstić information content (AvgIpc) is 3.18. The van der Waals surface area contributed by atoms with Crippen molar-refractivity contribution in [2.45, 2.75) is 70.7 Å². The Kier molecular flexibility index (Phi) is 8.62. The number of benzene rings is 1. The second kappa shape index (κ2) is 11.6. The number of anilines is 2. The van der Waals surface area contributed by atoms with Gasteiger partial charge in [0.1, 0.15) is 16.6 Å². The van der Waals surface area contributed by atoms with Crippen LogP contribution in [0.25, 0.3) is 0 Å². The minimum Gasteiger partial charge on any atom is -0.444 e. The Hall–Kier alpha value is -3.03. The molecule has 2 aromatic rings. The molecule has 2 heterocycles. The topological polar surface area (TPSA) is 107 Å². The van der Waals surface area contributed by atoms with Crippen molar-refractivity contribution in [3.8, 4) is 6.07 Å². The smallest absolute Gasteiger partial charge is 0.410 e. The fraction of sp³-hybridized carbons (Fsp3) is 0.536. The monoisotopic (exact) mass is 569 g/mol. The SMILES string of the molecule is CSc1nc(Cl)c(/C=N/Nc2cccc3c2CC(C)(C)C3)c(N2CCN(C(=O)OC(C)(C)C)C(CC#N)C2)n1. The number of nitriles is 1. The van der Waals surface area contributed by atoms with Crippen LogP contribution in [0.1, 0.15) is 57.7 Å². The first-order chi connectivity index (χ1) is 18.4. The minimum absolute atomic E-state index is 0.171. The van der Waals surface area contributed by atoms with Crippen molar-refractivity contribution in [1.82, 2.24) is 14.9 Å². The molecule has 9 nitrogen and oxygen atoms in total. The Morgan fingerprint density at radius 3 is 2.79 bits per heavy atom. The van der Waals surface area contributed by atoms with Gasteiger partial charge in [-0.1, -0.05) is 49.3 Å². The van der Waals surface area contributed by atoms with Gasteiger partial charge in [0, 0.05) is 19.6 Å². The van der Waals surface area contributed by atoms with Crippen LogP contribution in [0.15, 0.2) is 28.5 Å². The number of ether oxygens (including phenoxy) is 1.